The summed E-state index contributed by atoms with van der Waals surface area (Å²) in [5.41, 5.74) is 0.380. The Morgan fingerprint density at radius 3 is 2.52 bits per heavy atom. The third-order valence-electron chi connectivity index (χ3n) is 5.92. The second kappa shape index (κ2) is 9.77. The molecule has 2 heterocycles. The fourth-order valence-corrected chi connectivity index (χ4v) is 4.11. The fourth-order valence-electron chi connectivity index (χ4n) is 4.11. The van der Waals surface area contributed by atoms with Crippen LogP contribution in [0.25, 0.3) is 11.0 Å². The van der Waals surface area contributed by atoms with E-state index in [0.29, 0.717) is 30.9 Å². The summed E-state index contributed by atoms with van der Waals surface area (Å²) >= 11 is 0. The first-order valence-electron chi connectivity index (χ1n) is 11.3. The molecule has 1 N–H and O–H groups in total. The summed E-state index contributed by atoms with van der Waals surface area (Å²) in [7, 11) is 1.61. The van der Waals surface area contributed by atoms with Crippen LogP contribution >= 0.6 is 0 Å². The van der Waals surface area contributed by atoms with E-state index in [4.69, 9.17) is 9.72 Å². The molecule has 1 fully saturated rings. The van der Waals surface area contributed by atoms with Gasteiger partial charge < -0.3 is 9.64 Å². The molecule has 0 unspecified atom stereocenters. The SMILES string of the molecule is CCC(CC)N(CCOC)C(=O)c1cc(C2CC2)nc2c1c(=O)[nH]c(=O)n2CC(C)C. The van der Waals surface area contributed by atoms with E-state index in [1.807, 2.05) is 13.8 Å². The number of hydrogen-bond acceptors (Lipinski definition) is 5. The summed E-state index contributed by atoms with van der Waals surface area (Å²) in [5.74, 6) is 0.249. The molecule has 0 atom stereocenters. The minimum absolute atomic E-state index is 0.0379. The molecular weight excluding hydrogens is 396 g/mol. The number of ether oxygens (including phenoxy) is 1. The van der Waals surface area contributed by atoms with Crippen molar-refractivity contribution in [3.05, 3.63) is 38.2 Å². The van der Waals surface area contributed by atoms with E-state index in [0.717, 1.165) is 31.4 Å². The van der Waals surface area contributed by atoms with Crippen molar-refractivity contribution in [2.24, 2.45) is 5.92 Å². The second-order valence-electron chi connectivity index (χ2n) is 8.79. The first-order valence-corrected chi connectivity index (χ1v) is 11.3. The highest BCUT2D eigenvalue weighted by molar-refractivity contribution is 6.05. The smallest absolute Gasteiger partial charge is 0.330 e. The third-order valence-corrected chi connectivity index (χ3v) is 5.92. The van der Waals surface area contributed by atoms with Gasteiger partial charge in [0, 0.05) is 37.9 Å². The van der Waals surface area contributed by atoms with Crippen molar-refractivity contribution in [2.45, 2.75) is 71.9 Å². The van der Waals surface area contributed by atoms with Gasteiger partial charge in [-0.3, -0.25) is 19.1 Å². The normalized spacial score (nSPS) is 14.0. The standard InChI is InChI=1S/C23H34N4O4/c1-6-16(7-2)26(10-11-31-5)22(29)17-12-18(15-8-9-15)24-20-19(17)21(28)25-23(30)27(20)13-14(3)4/h12,14-16H,6-11,13H2,1-5H3,(H,25,28,30). The van der Waals surface area contributed by atoms with Crippen LogP contribution in [-0.4, -0.2) is 51.6 Å². The van der Waals surface area contributed by atoms with E-state index >= 15 is 0 Å². The van der Waals surface area contributed by atoms with Crippen molar-refractivity contribution in [3.8, 4) is 0 Å². The average molecular weight is 431 g/mol. The predicted octanol–water partition coefficient (Wildman–Crippen LogP) is 2.90. The molecular formula is C23H34N4O4. The van der Waals surface area contributed by atoms with Crippen LogP contribution in [-0.2, 0) is 11.3 Å². The van der Waals surface area contributed by atoms with Gasteiger partial charge in [0.15, 0.2) is 5.65 Å². The lowest BCUT2D eigenvalue weighted by molar-refractivity contribution is 0.0591. The van der Waals surface area contributed by atoms with Crippen LogP contribution in [0.3, 0.4) is 0 Å². The lowest BCUT2D eigenvalue weighted by atomic mass is 10.0. The predicted molar refractivity (Wildman–Crippen MR) is 121 cm³/mol. The number of fused-ring (bicyclic) bond motifs is 1. The first kappa shape index (κ1) is 23.2. The monoisotopic (exact) mass is 430 g/mol. The van der Waals surface area contributed by atoms with Gasteiger partial charge in [-0.15, -0.1) is 0 Å². The highest BCUT2D eigenvalue weighted by atomic mass is 16.5. The molecule has 2 aromatic rings. The molecule has 2 aromatic heterocycles. The highest BCUT2D eigenvalue weighted by Gasteiger charge is 2.31. The Labute approximate surface area is 182 Å². The van der Waals surface area contributed by atoms with Gasteiger partial charge in [0.2, 0.25) is 0 Å². The summed E-state index contributed by atoms with van der Waals surface area (Å²) in [6, 6.07) is 1.81. The number of pyridine rings is 1. The van der Waals surface area contributed by atoms with Gasteiger partial charge in [-0.1, -0.05) is 27.7 Å². The van der Waals surface area contributed by atoms with Gasteiger partial charge in [0.05, 0.1) is 17.6 Å². The maximum absolute atomic E-state index is 13.8. The molecule has 1 amide bonds. The van der Waals surface area contributed by atoms with E-state index in [-0.39, 0.29) is 29.2 Å². The number of rotatable bonds is 10. The Morgan fingerprint density at radius 2 is 1.97 bits per heavy atom. The Kier molecular flexibility index (Phi) is 7.30. The molecule has 1 aliphatic carbocycles. The number of carbonyl (C=O) groups excluding carboxylic acids is 1. The van der Waals surface area contributed by atoms with Crippen molar-refractivity contribution in [2.75, 3.05) is 20.3 Å². The average Bonchev–Trinajstić information content (AvgIpc) is 3.58. The van der Waals surface area contributed by atoms with Gasteiger partial charge in [0.1, 0.15) is 0 Å². The van der Waals surface area contributed by atoms with Crippen LogP contribution in [0.2, 0.25) is 0 Å². The van der Waals surface area contributed by atoms with Crippen molar-refractivity contribution in [1.29, 1.82) is 0 Å². The Bertz CT molecular complexity index is 1050. The van der Waals surface area contributed by atoms with Gasteiger partial charge in [0.25, 0.3) is 11.5 Å². The van der Waals surface area contributed by atoms with Crippen molar-refractivity contribution in [3.63, 3.8) is 0 Å². The van der Waals surface area contributed by atoms with Gasteiger partial charge in [-0.05, 0) is 37.7 Å². The Hall–Kier alpha value is -2.48. The van der Waals surface area contributed by atoms with E-state index in [1.165, 1.54) is 4.57 Å². The Morgan fingerprint density at radius 1 is 1.29 bits per heavy atom. The molecule has 0 bridgehead atoms. The lowest BCUT2D eigenvalue weighted by Crippen LogP contribution is -2.42. The van der Waals surface area contributed by atoms with Gasteiger partial charge >= 0.3 is 5.69 Å². The topological polar surface area (TPSA) is 97.3 Å². The summed E-state index contributed by atoms with van der Waals surface area (Å²) in [6.07, 6.45) is 3.62. The largest absolute Gasteiger partial charge is 0.383 e. The molecule has 0 spiro atoms. The number of aromatic nitrogens is 3. The molecule has 0 radical (unpaired) electrons. The maximum atomic E-state index is 13.8. The summed E-state index contributed by atoms with van der Waals surface area (Å²) in [6.45, 7) is 9.37. The number of nitrogens with zero attached hydrogens (tertiary/aromatic N) is 3. The minimum atomic E-state index is -0.561. The third kappa shape index (κ3) is 4.89. The van der Waals surface area contributed by atoms with Crippen molar-refractivity contribution < 1.29 is 9.53 Å². The van der Waals surface area contributed by atoms with Crippen LogP contribution < -0.4 is 11.2 Å². The van der Waals surface area contributed by atoms with Crippen LogP contribution in [0.5, 0.6) is 0 Å². The van der Waals surface area contributed by atoms with Crippen LogP contribution in [0.15, 0.2) is 15.7 Å². The van der Waals surface area contributed by atoms with E-state index < -0.39 is 11.2 Å². The van der Waals surface area contributed by atoms with E-state index in [1.54, 1.807) is 18.1 Å². The van der Waals surface area contributed by atoms with Crippen LogP contribution in [0.4, 0.5) is 0 Å². The molecule has 0 aliphatic heterocycles. The highest BCUT2D eigenvalue weighted by Crippen LogP contribution is 2.40. The van der Waals surface area contributed by atoms with Gasteiger partial charge in [-0.2, -0.15) is 0 Å². The zero-order valence-electron chi connectivity index (χ0n) is 19.2. The quantitative estimate of drug-likeness (QED) is 0.625. The fraction of sp³-hybridized carbons (Fsp3) is 0.652. The number of methoxy groups -OCH3 is 1. The molecule has 170 valence electrons. The van der Waals surface area contributed by atoms with E-state index in [9.17, 15) is 14.4 Å². The Balaban J connectivity index is 2.26. The molecule has 0 aromatic carbocycles. The maximum Gasteiger partial charge on any atom is 0.330 e. The summed E-state index contributed by atoms with van der Waals surface area (Å²) < 4.78 is 6.74. The summed E-state index contributed by atoms with van der Waals surface area (Å²) in [4.78, 5) is 48.2. The molecule has 0 saturated heterocycles. The lowest BCUT2D eigenvalue weighted by Gasteiger charge is -2.31. The number of hydrogen-bond donors (Lipinski definition) is 1. The molecule has 1 aliphatic rings. The zero-order valence-corrected chi connectivity index (χ0v) is 19.2. The molecule has 8 nitrogen and oxygen atoms in total. The number of amides is 1. The number of carbonyl (C=O) groups is 1. The second-order valence-corrected chi connectivity index (χ2v) is 8.79. The first-order chi connectivity index (χ1) is 14.8. The number of nitrogens with one attached hydrogen (secondary N) is 1. The van der Waals surface area contributed by atoms with Crippen molar-refractivity contribution in [1.82, 2.24) is 19.4 Å². The number of H-pyrrole nitrogens is 1. The summed E-state index contributed by atoms with van der Waals surface area (Å²) in [5, 5.41) is 0.197. The molecule has 1 saturated carbocycles. The van der Waals surface area contributed by atoms with Crippen LogP contribution in [0, 0.1) is 5.92 Å². The molecule has 31 heavy (non-hydrogen) atoms. The minimum Gasteiger partial charge on any atom is -0.383 e. The van der Waals surface area contributed by atoms with Crippen molar-refractivity contribution >= 4 is 16.9 Å². The zero-order chi connectivity index (χ0) is 22.7. The van der Waals surface area contributed by atoms with Gasteiger partial charge in [-0.25, -0.2) is 9.78 Å². The molecule has 3 rings (SSSR count). The molecule has 8 heteroatoms. The van der Waals surface area contributed by atoms with Crippen LogP contribution in [0.1, 0.15) is 75.3 Å². The van der Waals surface area contributed by atoms with E-state index in [2.05, 4.69) is 18.8 Å². The number of aromatic amines is 1.